The molecule has 1 aliphatic carbocycles. The number of hydrogen-bond acceptors (Lipinski definition) is 4. The molecular formula is C33H40ClN3O4S. The van der Waals surface area contributed by atoms with Crippen LogP contribution >= 0.6 is 11.6 Å². The Hall–Kier alpha value is -3.36. The molecule has 1 N–H and O–H groups in total. The maximum Gasteiger partial charge on any atom is 0.244 e. The van der Waals surface area contributed by atoms with Crippen molar-refractivity contribution < 1.29 is 18.0 Å². The van der Waals surface area contributed by atoms with Gasteiger partial charge >= 0.3 is 0 Å². The van der Waals surface area contributed by atoms with Crippen LogP contribution in [-0.4, -0.2) is 50.0 Å². The molecule has 9 heteroatoms. The number of carbonyl (C=O) groups excluding carboxylic acids is 2. The van der Waals surface area contributed by atoms with Crippen molar-refractivity contribution in [1.82, 2.24) is 10.2 Å². The van der Waals surface area contributed by atoms with Gasteiger partial charge in [0.15, 0.2) is 0 Å². The number of rotatable bonds is 11. The van der Waals surface area contributed by atoms with Gasteiger partial charge in [-0.05, 0) is 73.2 Å². The third kappa shape index (κ3) is 8.82. The van der Waals surface area contributed by atoms with Crippen molar-refractivity contribution in [3.05, 3.63) is 100 Å². The fraction of sp³-hybridized carbons (Fsp3) is 0.394. The lowest BCUT2D eigenvalue weighted by atomic mass is 9.94. The predicted molar refractivity (Wildman–Crippen MR) is 169 cm³/mol. The monoisotopic (exact) mass is 609 g/mol. The van der Waals surface area contributed by atoms with Crippen molar-refractivity contribution in [2.24, 2.45) is 0 Å². The summed E-state index contributed by atoms with van der Waals surface area (Å²) in [5.41, 5.74) is 3.88. The van der Waals surface area contributed by atoms with E-state index in [0.29, 0.717) is 17.1 Å². The third-order valence-corrected chi connectivity index (χ3v) is 9.06. The first-order valence-electron chi connectivity index (χ1n) is 14.4. The highest BCUT2D eigenvalue weighted by Gasteiger charge is 2.34. The van der Waals surface area contributed by atoms with Gasteiger partial charge < -0.3 is 10.2 Å². The Balaban J connectivity index is 1.73. The zero-order valence-corrected chi connectivity index (χ0v) is 26.1. The number of aryl methyl sites for hydroxylation is 2. The molecule has 1 aliphatic rings. The van der Waals surface area contributed by atoms with E-state index in [1.165, 1.54) is 4.90 Å². The van der Waals surface area contributed by atoms with Gasteiger partial charge in [-0.1, -0.05) is 79.4 Å². The number of anilines is 1. The quantitative estimate of drug-likeness (QED) is 0.297. The van der Waals surface area contributed by atoms with Gasteiger partial charge in [0, 0.05) is 24.0 Å². The minimum atomic E-state index is -3.82. The molecule has 7 nitrogen and oxygen atoms in total. The lowest BCUT2D eigenvalue weighted by Gasteiger charge is -2.35. The Morgan fingerprint density at radius 1 is 0.905 bits per heavy atom. The van der Waals surface area contributed by atoms with E-state index < -0.39 is 28.5 Å². The second kappa shape index (κ2) is 14.2. The zero-order valence-electron chi connectivity index (χ0n) is 24.6. The number of halogens is 1. The van der Waals surface area contributed by atoms with Crippen LogP contribution in [-0.2, 0) is 32.6 Å². The van der Waals surface area contributed by atoms with Gasteiger partial charge in [-0.2, -0.15) is 0 Å². The van der Waals surface area contributed by atoms with E-state index in [9.17, 15) is 18.0 Å². The largest absolute Gasteiger partial charge is 0.352 e. The van der Waals surface area contributed by atoms with Gasteiger partial charge in [0.05, 0.1) is 11.9 Å². The van der Waals surface area contributed by atoms with Crippen molar-refractivity contribution >= 4 is 39.1 Å². The lowest BCUT2D eigenvalue weighted by molar-refractivity contribution is -0.140. The van der Waals surface area contributed by atoms with Crippen LogP contribution in [0.5, 0.6) is 0 Å². The SMILES string of the molecule is Cc1cc(C)cc(N(CC(=O)N(Cc2ccc(Cl)cc2)[C@@H](Cc2ccccc2)C(=O)NC2CCCCC2)S(C)(=O)=O)c1. The number of sulfonamides is 1. The number of nitrogens with one attached hydrogen (secondary N) is 1. The molecule has 0 radical (unpaired) electrons. The normalized spacial score (nSPS) is 14.7. The Labute approximate surface area is 254 Å². The van der Waals surface area contributed by atoms with Crippen molar-refractivity contribution in [2.75, 3.05) is 17.1 Å². The van der Waals surface area contributed by atoms with E-state index in [2.05, 4.69) is 5.32 Å². The summed E-state index contributed by atoms with van der Waals surface area (Å²) in [6, 6.07) is 21.4. The minimum absolute atomic E-state index is 0.0554. The molecule has 1 fully saturated rings. The Bertz CT molecular complexity index is 1450. The van der Waals surface area contributed by atoms with Crippen LogP contribution in [0.2, 0.25) is 5.02 Å². The first-order valence-corrected chi connectivity index (χ1v) is 16.7. The van der Waals surface area contributed by atoms with E-state index in [1.807, 2.05) is 62.4 Å². The van der Waals surface area contributed by atoms with Gasteiger partial charge in [0.25, 0.3) is 0 Å². The number of benzene rings is 3. The second-order valence-electron chi connectivity index (χ2n) is 11.3. The fourth-order valence-electron chi connectivity index (χ4n) is 5.59. The van der Waals surface area contributed by atoms with Crippen molar-refractivity contribution in [2.45, 2.75) is 71.0 Å². The van der Waals surface area contributed by atoms with Crippen LogP contribution in [0.3, 0.4) is 0 Å². The van der Waals surface area contributed by atoms with E-state index >= 15 is 0 Å². The highest BCUT2D eigenvalue weighted by atomic mass is 35.5. The Morgan fingerprint density at radius 2 is 1.52 bits per heavy atom. The summed E-state index contributed by atoms with van der Waals surface area (Å²) >= 11 is 6.13. The van der Waals surface area contributed by atoms with E-state index in [0.717, 1.165) is 64.9 Å². The average molecular weight is 610 g/mol. The van der Waals surface area contributed by atoms with Gasteiger partial charge in [0.2, 0.25) is 21.8 Å². The highest BCUT2D eigenvalue weighted by Crippen LogP contribution is 2.24. The smallest absolute Gasteiger partial charge is 0.244 e. The molecule has 0 aliphatic heterocycles. The van der Waals surface area contributed by atoms with Crippen molar-refractivity contribution in [3.63, 3.8) is 0 Å². The van der Waals surface area contributed by atoms with Gasteiger partial charge in [-0.15, -0.1) is 0 Å². The number of amides is 2. The zero-order chi connectivity index (χ0) is 30.3. The maximum atomic E-state index is 14.3. The van der Waals surface area contributed by atoms with Crippen LogP contribution in [0.25, 0.3) is 0 Å². The number of hydrogen-bond donors (Lipinski definition) is 1. The lowest BCUT2D eigenvalue weighted by Crippen LogP contribution is -2.55. The molecule has 4 rings (SSSR count). The highest BCUT2D eigenvalue weighted by molar-refractivity contribution is 7.92. The average Bonchev–Trinajstić information content (AvgIpc) is 2.94. The fourth-order valence-corrected chi connectivity index (χ4v) is 6.55. The summed E-state index contributed by atoms with van der Waals surface area (Å²) in [6.45, 7) is 3.46. The van der Waals surface area contributed by atoms with Gasteiger partial charge in [-0.25, -0.2) is 8.42 Å². The van der Waals surface area contributed by atoms with Crippen LogP contribution in [0.1, 0.15) is 54.4 Å². The molecule has 0 saturated heterocycles. The van der Waals surface area contributed by atoms with Crippen LogP contribution < -0.4 is 9.62 Å². The van der Waals surface area contributed by atoms with Crippen molar-refractivity contribution in [1.29, 1.82) is 0 Å². The van der Waals surface area contributed by atoms with E-state index in [4.69, 9.17) is 11.6 Å². The first kappa shape index (κ1) is 31.6. The molecule has 1 atom stereocenters. The third-order valence-electron chi connectivity index (χ3n) is 7.66. The molecule has 3 aromatic carbocycles. The summed E-state index contributed by atoms with van der Waals surface area (Å²) in [7, 11) is -3.82. The molecule has 3 aromatic rings. The van der Waals surface area contributed by atoms with Gasteiger partial charge in [0.1, 0.15) is 12.6 Å². The Morgan fingerprint density at radius 3 is 2.12 bits per heavy atom. The minimum Gasteiger partial charge on any atom is -0.352 e. The predicted octanol–water partition coefficient (Wildman–Crippen LogP) is 5.81. The molecule has 0 unspecified atom stereocenters. The molecule has 224 valence electrons. The standard InChI is InChI=1S/C33H40ClN3O4S/c1-24-18-25(2)20-30(19-24)37(42(3,40)41)23-32(38)36(22-27-14-16-28(34)17-15-27)31(21-26-10-6-4-7-11-26)33(39)35-29-12-8-5-9-13-29/h4,6-7,10-11,14-20,29,31H,5,8-9,12-13,21-23H2,1-3H3,(H,35,39)/t31-/m0/s1. The molecular weight excluding hydrogens is 570 g/mol. The molecule has 0 spiro atoms. The van der Waals surface area contributed by atoms with E-state index in [1.54, 1.807) is 24.3 Å². The van der Waals surface area contributed by atoms with Gasteiger partial charge in [-0.3, -0.25) is 13.9 Å². The second-order valence-corrected chi connectivity index (χ2v) is 13.7. The molecule has 42 heavy (non-hydrogen) atoms. The summed E-state index contributed by atoms with van der Waals surface area (Å²) in [6.07, 6.45) is 6.47. The molecule has 0 bridgehead atoms. The summed E-state index contributed by atoms with van der Waals surface area (Å²) in [5, 5.41) is 3.77. The summed E-state index contributed by atoms with van der Waals surface area (Å²) in [4.78, 5) is 29.8. The van der Waals surface area contributed by atoms with Crippen molar-refractivity contribution in [3.8, 4) is 0 Å². The Kier molecular flexibility index (Phi) is 10.7. The van der Waals surface area contributed by atoms with E-state index in [-0.39, 0.29) is 18.5 Å². The van der Waals surface area contributed by atoms with Crippen LogP contribution in [0, 0.1) is 13.8 Å². The van der Waals surface area contributed by atoms with Crippen LogP contribution in [0.4, 0.5) is 5.69 Å². The molecule has 0 heterocycles. The topological polar surface area (TPSA) is 86.8 Å². The maximum absolute atomic E-state index is 14.3. The molecule has 2 amide bonds. The molecule has 0 aromatic heterocycles. The molecule has 1 saturated carbocycles. The number of carbonyl (C=O) groups is 2. The summed E-state index contributed by atoms with van der Waals surface area (Å²) in [5.74, 6) is -0.695. The summed E-state index contributed by atoms with van der Waals surface area (Å²) < 4.78 is 27.2. The first-order chi connectivity index (χ1) is 20.0. The number of nitrogens with zero attached hydrogens (tertiary/aromatic N) is 2. The van der Waals surface area contributed by atoms with Crippen LogP contribution in [0.15, 0.2) is 72.8 Å².